The number of carbonyl (C=O) groups is 1. The number of hydrogen-bond acceptors (Lipinski definition) is 2. The highest BCUT2D eigenvalue weighted by Gasteiger charge is 2.33. The van der Waals surface area contributed by atoms with Crippen LogP contribution in [0.4, 0.5) is 18.9 Å². The number of hydrogen-bond donors (Lipinski definition) is 1. The van der Waals surface area contributed by atoms with Gasteiger partial charge >= 0.3 is 6.18 Å². The standard InChI is InChI=1S/C17H11BrF3NO2/c1-9-11-4-2-3-5-14(11)24-15(9)16(23)22-10-6-7-13(18)12(8-10)17(19,20)21/h2-8H,1H3,(H,22,23). The van der Waals surface area contributed by atoms with Gasteiger partial charge in [-0.1, -0.05) is 34.1 Å². The molecule has 3 aromatic rings. The Balaban J connectivity index is 1.93. The van der Waals surface area contributed by atoms with Crippen LogP contribution in [0.2, 0.25) is 0 Å². The van der Waals surface area contributed by atoms with Crippen molar-refractivity contribution in [2.45, 2.75) is 13.1 Å². The zero-order chi connectivity index (χ0) is 17.5. The number of halogens is 4. The third kappa shape index (κ3) is 3.03. The van der Waals surface area contributed by atoms with Gasteiger partial charge in [0.05, 0.1) is 5.56 Å². The summed E-state index contributed by atoms with van der Waals surface area (Å²) < 4.78 is 44.2. The molecule has 1 N–H and O–H groups in total. The van der Waals surface area contributed by atoms with Crippen molar-refractivity contribution in [3.8, 4) is 0 Å². The molecular formula is C17H11BrF3NO2. The molecule has 124 valence electrons. The van der Waals surface area contributed by atoms with E-state index in [0.717, 1.165) is 11.5 Å². The quantitative estimate of drug-likeness (QED) is 0.595. The van der Waals surface area contributed by atoms with Gasteiger partial charge in [0, 0.05) is 21.1 Å². The molecule has 7 heteroatoms. The van der Waals surface area contributed by atoms with E-state index in [1.54, 1.807) is 19.1 Å². The third-order valence-corrected chi connectivity index (χ3v) is 4.27. The molecule has 0 aliphatic carbocycles. The summed E-state index contributed by atoms with van der Waals surface area (Å²) in [4.78, 5) is 12.4. The summed E-state index contributed by atoms with van der Waals surface area (Å²) in [5, 5.41) is 3.23. The second-order valence-corrected chi connectivity index (χ2v) is 6.05. The monoisotopic (exact) mass is 397 g/mol. The van der Waals surface area contributed by atoms with E-state index in [4.69, 9.17) is 4.42 Å². The first-order chi connectivity index (χ1) is 11.3. The smallest absolute Gasteiger partial charge is 0.417 e. The Labute approximate surface area is 143 Å². The molecule has 1 amide bonds. The van der Waals surface area contributed by atoms with E-state index in [9.17, 15) is 18.0 Å². The molecule has 2 aromatic carbocycles. The lowest BCUT2D eigenvalue weighted by Gasteiger charge is -2.11. The number of para-hydroxylation sites is 1. The molecule has 3 nitrogen and oxygen atoms in total. The Bertz CT molecular complexity index is 931. The summed E-state index contributed by atoms with van der Waals surface area (Å²) in [6, 6.07) is 10.6. The lowest BCUT2D eigenvalue weighted by atomic mass is 10.1. The highest BCUT2D eigenvalue weighted by atomic mass is 79.9. The zero-order valence-corrected chi connectivity index (χ0v) is 14.0. The fourth-order valence-corrected chi connectivity index (χ4v) is 2.87. The molecule has 0 aliphatic rings. The minimum atomic E-state index is -4.52. The van der Waals surface area contributed by atoms with E-state index in [-0.39, 0.29) is 15.9 Å². The highest BCUT2D eigenvalue weighted by Crippen LogP contribution is 2.36. The predicted octanol–water partition coefficient (Wildman–Crippen LogP) is 5.77. The van der Waals surface area contributed by atoms with E-state index in [1.807, 2.05) is 12.1 Å². The van der Waals surface area contributed by atoms with Crippen molar-refractivity contribution in [3.63, 3.8) is 0 Å². The second kappa shape index (κ2) is 5.98. The first-order valence-corrected chi connectivity index (χ1v) is 7.73. The number of anilines is 1. The Kier molecular flexibility index (Phi) is 4.13. The molecule has 0 saturated carbocycles. The number of nitrogens with one attached hydrogen (secondary N) is 1. The summed E-state index contributed by atoms with van der Waals surface area (Å²) in [6.07, 6.45) is -4.52. The molecule has 0 unspecified atom stereocenters. The maximum atomic E-state index is 12.9. The minimum Gasteiger partial charge on any atom is -0.451 e. The number of furan rings is 1. The lowest BCUT2D eigenvalue weighted by Crippen LogP contribution is -2.13. The molecule has 0 aliphatic heterocycles. The topological polar surface area (TPSA) is 42.2 Å². The van der Waals surface area contributed by atoms with Gasteiger partial charge in [0.1, 0.15) is 5.58 Å². The average Bonchev–Trinajstić information content (AvgIpc) is 2.86. The molecule has 0 bridgehead atoms. The summed E-state index contributed by atoms with van der Waals surface area (Å²) in [7, 11) is 0. The van der Waals surface area contributed by atoms with Gasteiger partial charge in [-0.3, -0.25) is 4.79 Å². The van der Waals surface area contributed by atoms with Crippen LogP contribution in [0, 0.1) is 6.92 Å². The first kappa shape index (κ1) is 16.6. The van der Waals surface area contributed by atoms with Gasteiger partial charge in [-0.05, 0) is 31.2 Å². The van der Waals surface area contributed by atoms with Crippen molar-refractivity contribution in [2.75, 3.05) is 5.32 Å². The van der Waals surface area contributed by atoms with Crippen molar-refractivity contribution < 1.29 is 22.4 Å². The van der Waals surface area contributed by atoms with E-state index in [2.05, 4.69) is 21.2 Å². The number of alkyl halides is 3. The molecule has 0 spiro atoms. The molecule has 0 saturated heterocycles. The Morgan fingerprint density at radius 2 is 1.88 bits per heavy atom. The summed E-state index contributed by atoms with van der Waals surface area (Å²) in [6.45, 7) is 1.73. The first-order valence-electron chi connectivity index (χ1n) is 6.93. The molecule has 1 aromatic heterocycles. The Hall–Kier alpha value is -2.28. The van der Waals surface area contributed by atoms with Gasteiger partial charge in [0.25, 0.3) is 5.91 Å². The van der Waals surface area contributed by atoms with Gasteiger partial charge in [0.2, 0.25) is 0 Å². The summed E-state index contributed by atoms with van der Waals surface area (Å²) in [5.74, 6) is -0.521. The second-order valence-electron chi connectivity index (χ2n) is 5.20. The molecule has 3 rings (SSSR count). The highest BCUT2D eigenvalue weighted by molar-refractivity contribution is 9.10. The van der Waals surface area contributed by atoms with E-state index >= 15 is 0 Å². The fourth-order valence-electron chi connectivity index (χ4n) is 2.40. The SMILES string of the molecule is Cc1c(C(=O)Nc2ccc(Br)c(C(F)(F)F)c2)oc2ccccc12. The van der Waals surface area contributed by atoms with Crippen molar-refractivity contribution >= 4 is 38.5 Å². The van der Waals surface area contributed by atoms with Crippen LogP contribution in [0.15, 0.2) is 51.4 Å². The van der Waals surface area contributed by atoms with Crippen LogP contribution in [0.5, 0.6) is 0 Å². The summed E-state index contributed by atoms with van der Waals surface area (Å²) >= 11 is 2.86. The molecule has 24 heavy (non-hydrogen) atoms. The van der Waals surface area contributed by atoms with Crippen LogP contribution in [0.3, 0.4) is 0 Å². The van der Waals surface area contributed by atoms with Gasteiger partial charge in [-0.25, -0.2) is 0 Å². The van der Waals surface area contributed by atoms with Gasteiger partial charge in [0.15, 0.2) is 5.76 Å². The van der Waals surface area contributed by atoms with Crippen molar-refractivity contribution in [2.24, 2.45) is 0 Å². The Morgan fingerprint density at radius 3 is 2.54 bits per heavy atom. The normalized spacial score (nSPS) is 11.7. The largest absolute Gasteiger partial charge is 0.451 e. The van der Waals surface area contributed by atoms with Crippen molar-refractivity contribution in [1.82, 2.24) is 0 Å². The summed E-state index contributed by atoms with van der Waals surface area (Å²) in [5.41, 5.74) is 0.361. The van der Waals surface area contributed by atoms with Crippen molar-refractivity contribution in [3.05, 3.63) is 63.8 Å². The van der Waals surface area contributed by atoms with Crippen molar-refractivity contribution in [1.29, 1.82) is 0 Å². The Morgan fingerprint density at radius 1 is 1.17 bits per heavy atom. The van der Waals surface area contributed by atoms with Crippen LogP contribution in [-0.4, -0.2) is 5.91 Å². The molecular weight excluding hydrogens is 387 g/mol. The van der Waals surface area contributed by atoms with Crippen LogP contribution >= 0.6 is 15.9 Å². The molecule has 0 atom stereocenters. The van der Waals surface area contributed by atoms with Gasteiger partial charge in [-0.15, -0.1) is 0 Å². The number of benzene rings is 2. The van der Waals surface area contributed by atoms with Crippen LogP contribution in [0.25, 0.3) is 11.0 Å². The number of aryl methyl sites for hydroxylation is 1. The zero-order valence-electron chi connectivity index (χ0n) is 12.4. The van der Waals surface area contributed by atoms with E-state index in [0.29, 0.717) is 11.1 Å². The third-order valence-electron chi connectivity index (χ3n) is 3.58. The van der Waals surface area contributed by atoms with Crippen LogP contribution < -0.4 is 5.32 Å². The number of amides is 1. The van der Waals surface area contributed by atoms with Gasteiger partial charge < -0.3 is 9.73 Å². The van der Waals surface area contributed by atoms with Crippen LogP contribution in [-0.2, 0) is 6.18 Å². The molecule has 1 heterocycles. The number of carbonyl (C=O) groups excluding carboxylic acids is 1. The van der Waals surface area contributed by atoms with E-state index < -0.39 is 17.6 Å². The maximum absolute atomic E-state index is 12.9. The molecule has 0 radical (unpaired) electrons. The average molecular weight is 398 g/mol. The number of fused-ring (bicyclic) bond motifs is 1. The van der Waals surface area contributed by atoms with Gasteiger partial charge in [-0.2, -0.15) is 13.2 Å². The number of rotatable bonds is 2. The van der Waals surface area contributed by atoms with E-state index in [1.165, 1.54) is 12.1 Å². The van der Waals surface area contributed by atoms with Crippen LogP contribution in [0.1, 0.15) is 21.7 Å². The maximum Gasteiger partial charge on any atom is 0.417 e. The fraction of sp³-hybridized carbons (Fsp3) is 0.118. The minimum absolute atomic E-state index is 0.0374. The molecule has 0 fully saturated rings. The predicted molar refractivity (Wildman–Crippen MR) is 88.0 cm³/mol. The lowest BCUT2D eigenvalue weighted by molar-refractivity contribution is -0.138.